The summed E-state index contributed by atoms with van der Waals surface area (Å²) in [7, 11) is 0. The Morgan fingerprint density at radius 1 is 1.35 bits per heavy atom. The lowest BCUT2D eigenvalue weighted by Crippen LogP contribution is -2.14. The van der Waals surface area contributed by atoms with E-state index in [1.807, 2.05) is 12.1 Å². The van der Waals surface area contributed by atoms with Crippen molar-refractivity contribution in [1.29, 1.82) is 5.26 Å². The van der Waals surface area contributed by atoms with Gasteiger partial charge in [0.05, 0.1) is 11.6 Å². The van der Waals surface area contributed by atoms with E-state index in [2.05, 4.69) is 26.0 Å². The van der Waals surface area contributed by atoms with Crippen molar-refractivity contribution < 1.29 is 0 Å². The van der Waals surface area contributed by atoms with Gasteiger partial charge in [-0.05, 0) is 48.4 Å². The Balaban J connectivity index is 2.36. The number of nitrogens with zero attached hydrogens (tertiary/aromatic N) is 1. The fraction of sp³-hybridized carbons (Fsp3) is 0.400. The highest BCUT2D eigenvalue weighted by atomic mass is 14.6. The van der Waals surface area contributed by atoms with Crippen molar-refractivity contribution in [2.75, 3.05) is 5.73 Å². The van der Waals surface area contributed by atoms with Crippen LogP contribution in [0.15, 0.2) is 24.3 Å². The first kappa shape index (κ1) is 11.7. The number of anilines is 1. The van der Waals surface area contributed by atoms with Crippen molar-refractivity contribution in [1.82, 2.24) is 0 Å². The van der Waals surface area contributed by atoms with Crippen LogP contribution in [0.2, 0.25) is 0 Å². The summed E-state index contributed by atoms with van der Waals surface area (Å²) >= 11 is 0. The summed E-state index contributed by atoms with van der Waals surface area (Å²) in [6.45, 7) is 4.57. The molecule has 0 spiro atoms. The number of hydrogen-bond acceptors (Lipinski definition) is 2. The molecule has 1 aromatic rings. The van der Waals surface area contributed by atoms with Crippen LogP contribution in [-0.4, -0.2) is 0 Å². The van der Waals surface area contributed by atoms with Gasteiger partial charge in [0, 0.05) is 11.3 Å². The van der Waals surface area contributed by atoms with E-state index in [-0.39, 0.29) is 0 Å². The average Bonchev–Trinajstić information content (AvgIpc) is 2.30. The Morgan fingerprint density at radius 2 is 2.12 bits per heavy atom. The van der Waals surface area contributed by atoms with E-state index in [1.54, 1.807) is 6.07 Å². The molecule has 0 amide bonds. The third-order valence-electron chi connectivity index (χ3n) is 3.50. The smallest absolute Gasteiger partial charge is 0.0991 e. The monoisotopic (exact) mass is 226 g/mol. The van der Waals surface area contributed by atoms with Gasteiger partial charge in [-0.1, -0.05) is 19.9 Å². The van der Waals surface area contributed by atoms with Gasteiger partial charge in [0.25, 0.3) is 0 Å². The Labute approximate surface area is 103 Å². The zero-order chi connectivity index (χ0) is 12.5. The van der Waals surface area contributed by atoms with E-state index in [0.717, 1.165) is 24.1 Å². The summed E-state index contributed by atoms with van der Waals surface area (Å²) in [5.74, 6) is 0. The summed E-state index contributed by atoms with van der Waals surface area (Å²) < 4.78 is 0. The minimum atomic E-state index is 0.394. The maximum atomic E-state index is 8.92. The van der Waals surface area contributed by atoms with E-state index in [9.17, 15) is 0 Å². The molecule has 0 unspecified atom stereocenters. The second-order valence-corrected chi connectivity index (χ2v) is 5.51. The van der Waals surface area contributed by atoms with E-state index in [4.69, 9.17) is 11.0 Å². The van der Waals surface area contributed by atoms with Gasteiger partial charge in [0.15, 0.2) is 0 Å². The number of nitrogen functional groups attached to an aromatic ring is 1. The maximum Gasteiger partial charge on any atom is 0.0991 e. The lowest BCUT2D eigenvalue weighted by molar-refractivity contribution is 0.335. The topological polar surface area (TPSA) is 49.8 Å². The molecule has 2 rings (SSSR count). The van der Waals surface area contributed by atoms with Crippen molar-refractivity contribution >= 4 is 11.3 Å². The molecule has 0 aliphatic heterocycles. The van der Waals surface area contributed by atoms with Gasteiger partial charge < -0.3 is 5.73 Å². The summed E-state index contributed by atoms with van der Waals surface area (Å²) in [5.41, 5.74) is 10.2. The fourth-order valence-corrected chi connectivity index (χ4v) is 2.23. The van der Waals surface area contributed by atoms with E-state index >= 15 is 0 Å². The molecular weight excluding hydrogens is 208 g/mol. The van der Waals surface area contributed by atoms with Crippen molar-refractivity contribution in [2.45, 2.75) is 33.1 Å². The fourth-order valence-electron chi connectivity index (χ4n) is 2.23. The third kappa shape index (κ3) is 2.50. The van der Waals surface area contributed by atoms with Gasteiger partial charge in [0.2, 0.25) is 0 Å². The number of benzene rings is 1. The summed E-state index contributed by atoms with van der Waals surface area (Å²) in [5, 5.41) is 8.92. The zero-order valence-corrected chi connectivity index (χ0v) is 10.5. The molecule has 0 bridgehead atoms. The SMILES string of the molecule is CC1(C)CC=C(c2cc(C#N)ccc2N)CC1. The van der Waals surface area contributed by atoms with Crippen LogP contribution in [0.3, 0.4) is 0 Å². The molecule has 17 heavy (non-hydrogen) atoms. The Bertz CT molecular complexity index is 504. The molecule has 88 valence electrons. The third-order valence-corrected chi connectivity index (χ3v) is 3.50. The van der Waals surface area contributed by atoms with Crippen LogP contribution in [0.5, 0.6) is 0 Å². The molecule has 0 fully saturated rings. The highest BCUT2D eigenvalue weighted by Crippen LogP contribution is 2.39. The normalized spacial score (nSPS) is 18.3. The van der Waals surface area contributed by atoms with Crippen LogP contribution in [0, 0.1) is 16.7 Å². The largest absolute Gasteiger partial charge is 0.398 e. The van der Waals surface area contributed by atoms with E-state index in [0.29, 0.717) is 11.0 Å². The van der Waals surface area contributed by atoms with Crippen LogP contribution in [0.25, 0.3) is 5.57 Å². The molecule has 1 aliphatic rings. The maximum absolute atomic E-state index is 8.92. The second kappa shape index (κ2) is 4.25. The molecule has 0 saturated carbocycles. The Hall–Kier alpha value is -1.75. The van der Waals surface area contributed by atoms with Gasteiger partial charge in [-0.25, -0.2) is 0 Å². The van der Waals surface area contributed by atoms with Crippen LogP contribution in [0.4, 0.5) is 5.69 Å². The first-order valence-electron chi connectivity index (χ1n) is 6.01. The van der Waals surface area contributed by atoms with Crippen molar-refractivity contribution in [2.24, 2.45) is 5.41 Å². The molecule has 1 aromatic carbocycles. The number of rotatable bonds is 1. The lowest BCUT2D eigenvalue weighted by Gasteiger charge is -2.29. The second-order valence-electron chi connectivity index (χ2n) is 5.51. The first-order chi connectivity index (χ1) is 8.02. The van der Waals surface area contributed by atoms with Gasteiger partial charge in [-0.15, -0.1) is 0 Å². The van der Waals surface area contributed by atoms with Gasteiger partial charge in [-0.3, -0.25) is 0 Å². The Kier molecular flexibility index (Phi) is 2.93. The molecule has 2 heteroatoms. The average molecular weight is 226 g/mol. The van der Waals surface area contributed by atoms with Crippen LogP contribution >= 0.6 is 0 Å². The minimum Gasteiger partial charge on any atom is -0.398 e. The molecule has 0 atom stereocenters. The summed E-state index contributed by atoms with van der Waals surface area (Å²) in [6, 6.07) is 7.67. The molecule has 0 heterocycles. The molecule has 1 aliphatic carbocycles. The van der Waals surface area contributed by atoms with Gasteiger partial charge in [-0.2, -0.15) is 5.26 Å². The highest BCUT2D eigenvalue weighted by molar-refractivity contribution is 5.76. The molecular formula is C15H18N2. The number of nitriles is 1. The van der Waals surface area contributed by atoms with Crippen LogP contribution in [0.1, 0.15) is 44.2 Å². The van der Waals surface area contributed by atoms with Gasteiger partial charge >= 0.3 is 0 Å². The predicted molar refractivity (Wildman–Crippen MR) is 71.2 cm³/mol. The molecule has 2 nitrogen and oxygen atoms in total. The molecule has 0 saturated heterocycles. The molecule has 2 N–H and O–H groups in total. The Morgan fingerprint density at radius 3 is 2.71 bits per heavy atom. The highest BCUT2D eigenvalue weighted by Gasteiger charge is 2.22. The quantitative estimate of drug-likeness (QED) is 0.742. The van der Waals surface area contributed by atoms with Crippen molar-refractivity contribution in [3.63, 3.8) is 0 Å². The molecule has 0 aromatic heterocycles. The van der Waals surface area contributed by atoms with Crippen molar-refractivity contribution in [3.8, 4) is 6.07 Å². The summed E-state index contributed by atoms with van der Waals surface area (Å²) in [4.78, 5) is 0. The van der Waals surface area contributed by atoms with Crippen molar-refractivity contribution in [3.05, 3.63) is 35.4 Å². The lowest BCUT2D eigenvalue weighted by atomic mass is 9.77. The standard InChI is InChI=1S/C15H18N2/c1-15(2)7-5-12(6-8-15)13-9-11(10-16)3-4-14(13)17/h3-5,9H,6-8,17H2,1-2H3. The van der Waals surface area contributed by atoms with E-state index < -0.39 is 0 Å². The van der Waals surface area contributed by atoms with Crippen LogP contribution in [-0.2, 0) is 0 Å². The van der Waals surface area contributed by atoms with Crippen LogP contribution < -0.4 is 5.73 Å². The number of hydrogen-bond donors (Lipinski definition) is 1. The zero-order valence-electron chi connectivity index (χ0n) is 10.5. The number of nitrogens with two attached hydrogens (primary N) is 1. The minimum absolute atomic E-state index is 0.394. The summed E-state index contributed by atoms with van der Waals surface area (Å²) in [6.07, 6.45) is 5.58. The number of allylic oxidation sites excluding steroid dienone is 2. The first-order valence-corrected chi connectivity index (χ1v) is 6.01. The molecule has 0 radical (unpaired) electrons. The van der Waals surface area contributed by atoms with Gasteiger partial charge in [0.1, 0.15) is 0 Å². The van der Waals surface area contributed by atoms with E-state index in [1.165, 1.54) is 12.0 Å². The predicted octanol–water partition coefficient (Wildman–Crippen LogP) is 3.73.